The zero-order valence-electron chi connectivity index (χ0n) is 23.6. The minimum Gasteiger partial charge on any atom is -0.493 e. The summed E-state index contributed by atoms with van der Waals surface area (Å²) in [5, 5.41) is 13.2. The van der Waals surface area contributed by atoms with Crippen molar-refractivity contribution in [1.29, 1.82) is 0 Å². The Hall–Kier alpha value is -3.87. The lowest BCUT2D eigenvalue weighted by Crippen LogP contribution is -2.52. The maximum atomic E-state index is 12.8. The van der Waals surface area contributed by atoms with Gasteiger partial charge in [0.15, 0.2) is 23.0 Å². The Morgan fingerprint density at radius 1 is 0.927 bits per heavy atom. The van der Waals surface area contributed by atoms with Crippen LogP contribution in [0.1, 0.15) is 31.2 Å². The van der Waals surface area contributed by atoms with E-state index in [0.29, 0.717) is 23.2 Å². The summed E-state index contributed by atoms with van der Waals surface area (Å²) in [5.74, 6) is -0.0563. The normalized spacial score (nSPS) is 22.0. The highest BCUT2D eigenvalue weighted by Gasteiger charge is 2.50. The zero-order valence-corrected chi connectivity index (χ0v) is 23.6. The number of likely N-dealkylation sites (tertiary alicyclic amines) is 1. The van der Waals surface area contributed by atoms with Crippen molar-refractivity contribution in [2.75, 3.05) is 47.3 Å². The van der Waals surface area contributed by atoms with Crippen LogP contribution >= 0.6 is 0 Å². The highest BCUT2D eigenvalue weighted by Crippen LogP contribution is 2.49. The Balaban J connectivity index is 0.000000587. The summed E-state index contributed by atoms with van der Waals surface area (Å²) in [6.45, 7) is 1.03. The Morgan fingerprint density at radius 2 is 1.49 bits per heavy atom. The van der Waals surface area contributed by atoms with Crippen molar-refractivity contribution in [3.63, 3.8) is 0 Å². The second-order valence-corrected chi connectivity index (χ2v) is 9.91. The van der Waals surface area contributed by atoms with Crippen LogP contribution in [0.15, 0.2) is 36.4 Å². The van der Waals surface area contributed by atoms with E-state index in [1.54, 1.807) is 46.6 Å². The second kappa shape index (κ2) is 13.2. The molecule has 3 atom stereocenters. The number of hydrogen-bond acceptors (Lipinski definition) is 7. The molecule has 0 unspecified atom stereocenters. The van der Waals surface area contributed by atoms with Crippen LogP contribution in [0.2, 0.25) is 0 Å². The topological polar surface area (TPSA) is 119 Å². The first-order valence-corrected chi connectivity index (χ1v) is 12.9. The van der Waals surface area contributed by atoms with Gasteiger partial charge in [-0.05, 0) is 69.1 Å². The number of amides is 2. The molecule has 3 N–H and O–H groups in total. The molecule has 4 rings (SSSR count). The number of anilines is 1. The molecule has 0 bridgehead atoms. The van der Waals surface area contributed by atoms with Crippen LogP contribution < -0.4 is 29.6 Å². The average molecular weight is 584 g/mol. The van der Waals surface area contributed by atoms with Crippen molar-refractivity contribution in [2.45, 2.75) is 49.4 Å². The number of nitrogens with one attached hydrogen (secondary N) is 2. The van der Waals surface area contributed by atoms with Crippen molar-refractivity contribution in [1.82, 2.24) is 10.2 Å². The molecule has 1 heterocycles. The number of carboxylic acid groups (broad SMARTS) is 1. The van der Waals surface area contributed by atoms with Crippen LogP contribution in [0.3, 0.4) is 0 Å². The van der Waals surface area contributed by atoms with Gasteiger partial charge in [0.1, 0.15) is 0 Å². The summed E-state index contributed by atoms with van der Waals surface area (Å²) in [7, 11) is 8.68. The van der Waals surface area contributed by atoms with Gasteiger partial charge in [0.2, 0.25) is 0 Å². The van der Waals surface area contributed by atoms with Gasteiger partial charge in [-0.25, -0.2) is 9.59 Å². The molecule has 1 saturated carbocycles. The predicted molar refractivity (Wildman–Crippen MR) is 145 cm³/mol. The molecule has 2 fully saturated rings. The smallest absolute Gasteiger partial charge is 0.490 e. The lowest BCUT2D eigenvalue weighted by molar-refractivity contribution is -0.192. The van der Waals surface area contributed by atoms with Crippen molar-refractivity contribution >= 4 is 17.7 Å². The number of rotatable bonds is 7. The fraction of sp³-hybridized carbons (Fsp3) is 0.500. The number of fused-ring (bicyclic) bond motifs is 1. The van der Waals surface area contributed by atoms with E-state index in [2.05, 4.69) is 34.7 Å². The molecule has 2 aromatic rings. The summed E-state index contributed by atoms with van der Waals surface area (Å²) in [6.07, 6.45) is -1.19. The van der Waals surface area contributed by atoms with E-state index < -0.39 is 12.1 Å². The van der Waals surface area contributed by atoms with Gasteiger partial charge in [-0.2, -0.15) is 13.2 Å². The molecule has 0 aromatic heterocycles. The Bertz CT molecular complexity index is 1230. The Kier molecular flexibility index (Phi) is 10.2. The van der Waals surface area contributed by atoms with E-state index in [9.17, 15) is 18.0 Å². The van der Waals surface area contributed by atoms with Gasteiger partial charge in [0, 0.05) is 29.3 Å². The van der Waals surface area contributed by atoms with Gasteiger partial charge in [-0.1, -0.05) is 6.07 Å². The van der Waals surface area contributed by atoms with E-state index in [4.69, 9.17) is 28.8 Å². The molecular weight excluding hydrogens is 547 g/mol. The van der Waals surface area contributed by atoms with E-state index >= 15 is 0 Å². The number of aliphatic carboxylic acids is 1. The third-order valence-electron chi connectivity index (χ3n) is 7.70. The molecule has 41 heavy (non-hydrogen) atoms. The molecule has 2 aliphatic rings. The molecule has 10 nitrogen and oxygen atoms in total. The molecular formula is C28H36F3N3O7. The van der Waals surface area contributed by atoms with Gasteiger partial charge >= 0.3 is 18.2 Å². The van der Waals surface area contributed by atoms with Crippen molar-refractivity contribution < 1.29 is 46.8 Å². The third kappa shape index (κ3) is 7.26. The number of methoxy groups -OCH3 is 4. The highest BCUT2D eigenvalue weighted by atomic mass is 19.4. The minimum atomic E-state index is -5.08. The monoisotopic (exact) mass is 583 g/mol. The number of carbonyl (C=O) groups is 2. The zero-order chi connectivity index (χ0) is 30.4. The van der Waals surface area contributed by atoms with Crippen LogP contribution in [-0.4, -0.2) is 82.3 Å². The first kappa shape index (κ1) is 31.7. The maximum absolute atomic E-state index is 12.8. The fourth-order valence-corrected chi connectivity index (χ4v) is 5.66. The van der Waals surface area contributed by atoms with Crippen LogP contribution in [0.4, 0.5) is 23.7 Å². The van der Waals surface area contributed by atoms with E-state index in [1.807, 2.05) is 6.07 Å². The largest absolute Gasteiger partial charge is 0.493 e. The third-order valence-corrected chi connectivity index (χ3v) is 7.70. The molecule has 1 aliphatic carbocycles. The second-order valence-electron chi connectivity index (χ2n) is 9.91. The standard InChI is InChI=1S/C26H35N3O5.C2HF3O2/c1-29-13-12-26(17-6-8-20(31-2)22(14-17)33-4)11-10-19(16-24(26)29)28-25(30)27-18-7-9-21(32-3)23(15-18)34-5;3-2(4,5)1(6)7/h6-9,14-15,19,24H,10-13,16H2,1-5H3,(H2,27,28,30);(H,6,7)/t19-,24+,26+;/m1./s1. The van der Waals surface area contributed by atoms with Crippen LogP contribution in [0.5, 0.6) is 23.0 Å². The summed E-state index contributed by atoms with van der Waals surface area (Å²) < 4.78 is 53.4. The number of benzene rings is 2. The van der Waals surface area contributed by atoms with E-state index in [-0.39, 0.29) is 17.5 Å². The predicted octanol–water partition coefficient (Wildman–Crippen LogP) is 4.67. The molecule has 1 saturated heterocycles. The quantitative estimate of drug-likeness (QED) is 0.431. The van der Waals surface area contributed by atoms with Gasteiger partial charge in [-0.3, -0.25) is 0 Å². The maximum Gasteiger partial charge on any atom is 0.490 e. The van der Waals surface area contributed by atoms with Crippen molar-refractivity contribution in [3.05, 3.63) is 42.0 Å². The number of carbonyl (C=O) groups excluding carboxylic acids is 1. The summed E-state index contributed by atoms with van der Waals surface area (Å²) >= 11 is 0. The first-order valence-electron chi connectivity index (χ1n) is 12.9. The number of alkyl halides is 3. The molecule has 2 amide bonds. The molecule has 1 aliphatic heterocycles. The number of carboxylic acids is 1. The first-order chi connectivity index (χ1) is 19.4. The highest BCUT2D eigenvalue weighted by molar-refractivity contribution is 5.89. The Labute approximate surface area is 236 Å². The van der Waals surface area contributed by atoms with Gasteiger partial charge in [0.25, 0.3) is 0 Å². The molecule has 226 valence electrons. The summed E-state index contributed by atoms with van der Waals surface area (Å²) in [6, 6.07) is 11.9. The minimum absolute atomic E-state index is 0.0479. The number of halogens is 3. The van der Waals surface area contributed by atoms with Crippen LogP contribution in [0, 0.1) is 0 Å². The number of ether oxygens (including phenoxy) is 4. The van der Waals surface area contributed by atoms with Crippen LogP contribution in [-0.2, 0) is 10.2 Å². The Morgan fingerprint density at radius 3 is 2.05 bits per heavy atom. The molecule has 13 heteroatoms. The SMILES string of the molecule is COc1ccc(NC(=O)N[C@@H]2CC[C@@]3(c4ccc(OC)c(OC)c4)CCN(C)[C@H]3C2)cc1OC.O=C(O)C(F)(F)F. The number of urea groups is 1. The fourth-order valence-electron chi connectivity index (χ4n) is 5.66. The lowest BCUT2D eigenvalue weighted by Gasteiger charge is -2.45. The molecule has 2 aromatic carbocycles. The van der Waals surface area contributed by atoms with Crippen molar-refractivity contribution in [3.8, 4) is 23.0 Å². The van der Waals surface area contributed by atoms with Gasteiger partial charge in [0.05, 0.1) is 28.4 Å². The number of nitrogens with zero attached hydrogens (tertiary/aromatic N) is 1. The average Bonchev–Trinajstić information content (AvgIpc) is 3.28. The molecule has 0 radical (unpaired) electrons. The van der Waals surface area contributed by atoms with Crippen LogP contribution in [0.25, 0.3) is 0 Å². The summed E-state index contributed by atoms with van der Waals surface area (Å²) in [5.41, 5.74) is 1.99. The lowest BCUT2D eigenvalue weighted by atomic mass is 9.65. The van der Waals surface area contributed by atoms with E-state index in [1.165, 1.54) is 5.56 Å². The van der Waals surface area contributed by atoms with E-state index in [0.717, 1.165) is 43.7 Å². The summed E-state index contributed by atoms with van der Waals surface area (Å²) in [4.78, 5) is 24.1. The number of likely N-dealkylation sites (N-methyl/N-ethyl adjacent to an activating group) is 1. The van der Waals surface area contributed by atoms with Gasteiger partial charge < -0.3 is 39.6 Å². The van der Waals surface area contributed by atoms with Crippen molar-refractivity contribution in [2.24, 2.45) is 0 Å². The molecule has 0 spiro atoms. The van der Waals surface area contributed by atoms with Gasteiger partial charge in [-0.15, -0.1) is 0 Å². The number of hydrogen-bond donors (Lipinski definition) is 3.